The zero-order chi connectivity index (χ0) is 24.7. The highest BCUT2D eigenvalue weighted by Gasteiger charge is 2.18. The number of carbonyl (C=O) groups excluding carboxylic acids is 1. The standard InChI is InChI=1S/C26H25N3O5/c1-4-34-26(32)19-7-9-20(10-8-19)28-16-23-17(2)22(15-27)24(30)29(25(23)31)14-13-18-5-11-21(33-3)12-6-18/h5-12,16,31H,4,13-14H2,1-3H3. The summed E-state index contributed by atoms with van der Waals surface area (Å²) in [6, 6.07) is 15.8. The van der Waals surface area contributed by atoms with Crippen molar-refractivity contribution in [2.75, 3.05) is 13.7 Å². The molecule has 0 amide bonds. The van der Waals surface area contributed by atoms with Crippen molar-refractivity contribution >= 4 is 17.9 Å². The van der Waals surface area contributed by atoms with E-state index in [1.807, 2.05) is 30.3 Å². The monoisotopic (exact) mass is 459 g/mol. The molecule has 0 spiro atoms. The Morgan fingerprint density at radius 3 is 2.44 bits per heavy atom. The first kappa shape index (κ1) is 24.3. The number of pyridine rings is 1. The van der Waals surface area contributed by atoms with Crippen LogP contribution in [0, 0.1) is 18.3 Å². The molecule has 0 atom stereocenters. The average molecular weight is 460 g/mol. The van der Waals surface area contributed by atoms with Crippen LogP contribution in [0.25, 0.3) is 0 Å². The van der Waals surface area contributed by atoms with Gasteiger partial charge in [0.1, 0.15) is 17.4 Å². The summed E-state index contributed by atoms with van der Waals surface area (Å²) in [5.41, 5.74) is 1.90. The summed E-state index contributed by atoms with van der Waals surface area (Å²) in [5, 5.41) is 20.4. The molecule has 0 saturated carbocycles. The van der Waals surface area contributed by atoms with Gasteiger partial charge in [-0.15, -0.1) is 0 Å². The van der Waals surface area contributed by atoms with Crippen molar-refractivity contribution in [3.05, 3.63) is 86.7 Å². The Balaban J connectivity index is 1.90. The first-order valence-corrected chi connectivity index (χ1v) is 10.7. The first-order valence-electron chi connectivity index (χ1n) is 10.7. The molecule has 0 fully saturated rings. The molecule has 174 valence electrons. The molecule has 0 aliphatic carbocycles. The fourth-order valence-electron chi connectivity index (χ4n) is 3.40. The van der Waals surface area contributed by atoms with Crippen LogP contribution in [0.2, 0.25) is 0 Å². The summed E-state index contributed by atoms with van der Waals surface area (Å²) in [6.07, 6.45) is 1.88. The van der Waals surface area contributed by atoms with Gasteiger partial charge in [0.25, 0.3) is 5.56 Å². The van der Waals surface area contributed by atoms with Crippen molar-refractivity contribution in [2.45, 2.75) is 26.8 Å². The molecule has 3 rings (SSSR count). The van der Waals surface area contributed by atoms with E-state index in [0.717, 1.165) is 11.3 Å². The van der Waals surface area contributed by atoms with Crippen molar-refractivity contribution in [3.8, 4) is 17.7 Å². The molecule has 0 saturated heterocycles. The molecule has 0 aliphatic rings. The number of hydrogen-bond donors (Lipinski definition) is 1. The van der Waals surface area contributed by atoms with Crippen LogP contribution in [0.3, 0.4) is 0 Å². The number of methoxy groups -OCH3 is 1. The zero-order valence-electron chi connectivity index (χ0n) is 19.2. The van der Waals surface area contributed by atoms with Gasteiger partial charge in [0.2, 0.25) is 5.88 Å². The van der Waals surface area contributed by atoms with Gasteiger partial charge in [-0.3, -0.25) is 14.4 Å². The van der Waals surface area contributed by atoms with Crippen LogP contribution >= 0.6 is 0 Å². The minimum absolute atomic E-state index is 0.0494. The summed E-state index contributed by atoms with van der Waals surface area (Å²) in [5.74, 6) is 0.0377. The number of benzene rings is 2. The Kier molecular flexibility index (Phi) is 7.83. The van der Waals surface area contributed by atoms with Crippen LogP contribution in [0.5, 0.6) is 11.6 Å². The largest absolute Gasteiger partial charge is 0.497 e. The molecule has 1 aromatic heterocycles. The lowest BCUT2D eigenvalue weighted by molar-refractivity contribution is 0.0526. The number of carbonyl (C=O) groups is 1. The third-order valence-electron chi connectivity index (χ3n) is 5.35. The maximum absolute atomic E-state index is 12.8. The molecule has 0 radical (unpaired) electrons. The number of aromatic hydroxyl groups is 1. The molecular weight excluding hydrogens is 434 g/mol. The number of rotatable bonds is 8. The van der Waals surface area contributed by atoms with E-state index in [0.29, 0.717) is 23.2 Å². The second-order valence-electron chi connectivity index (χ2n) is 7.43. The van der Waals surface area contributed by atoms with Gasteiger partial charge in [0, 0.05) is 12.8 Å². The number of aromatic nitrogens is 1. The van der Waals surface area contributed by atoms with Crippen molar-refractivity contribution < 1.29 is 19.4 Å². The Hall–Kier alpha value is -4.38. The van der Waals surface area contributed by atoms with Crippen LogP contribution in [0.4, 0.5) is 5.69 Å². The lowest BCUT2D eigenvalue weighted by atomic mass is 10.1. The van der Waals surface area contributed by atoms with Gasteiger partial charge in [0.15, 0.2) is 0 Å². The smallest absolute Gasteiger partial charge is 0.338 e. The topological polar surface area (TPSA) is 114 Å². The fraction of sp³-hybridized carbons (Fsp3) is 0.231. The third kappa shape index (κ3) is 5.33. The van der Waals surface area contributed by atoms with Crippen LogP contribution in [-0.4, -0.2) is 35.6 Å². The van der Waals surface area contributed by atoms with Gasteiger partial charge in [-0.25, -0.2) is 4.79 Å². The van der Waals surface area contributed by atoms with Gasteiger partial charge in [-0.05, 0) is 67.8 Å². The molecule has 0 aliphatic heterocycles. The molecule has 8 nitrogen and oxygen atoms in total. The summed E-state index contributed by atoms with van der Waals surface area (Å²) in [7, 11) is 1.58. The molecule has 2 aromatic carbocycles. The van der Waals surface area contributed by atoms with Gasteiger partial charge >= 0.3 is 5.97 Å². The maximum atomic E-state index is 12.8. The molecule has 0 unspecified atom stereocenters. The fourth-order valence-corrected chi connectivity index (χ4v) is 3.40. The zero-order valence-corrected chi connectivity index (χ0v) is 19.2. The van der Waals surface area contributed by atoms with Crippen molar-refractivity contribution in [3.63, 3.8) is 0 Å². The van der Waals surface area contributed by atoms with E-state index in [4.69, 9.17) is 9.47 Å². The Morgan fingerprint density at radius 2 is 1.85 bits per heavy atom. The average Bonchev–Trinajstić information content (AvgIpc) is 2.85. The summed E-state index contributed by atoms with van der Waals surface area (Å²) in [4.78, 5) is 29.0. The number of hydrogen-bond acceptors (Lipinski definition) is 7. The lowest BCUT2D eigenvalue weighted by Gasteiger charge is -2.14. The number of ether oxygens (including phenoxy) is 2. The van der Waals surface area contributed by atoms with E-state index in [-0.39, 0.29) is 30.2 Å². The summed E-state index contributed by atoms with van der Waals surface area (Å²) >= 11 is 0. The van der Waals surface area contributed by atoms with E-state index in [1.165, 1.54) is 10.8 Å². The maximum Gasteiger partial charge on any atom is 0.338 e. The van der Waals surface area contributed by atoms with Crippen molar-refractivity contribution in [1.29, 1.82) is 5.26 Å². The second kappa shape index (κ2) is 11.0. The van der Waals surface area contributed by atoms with Crippen LogP contribution in [-0.2, 0) is 17.7 Å². The minimum atomic E-state index is -0.554. The van der Waals surface area contributed by atoms with E-state index >= 15 is 0 Å². The van der Waals surface area contributed by atoms with E-state index in [9.17, 15) is 20.0 Å². The molecule has 1 N–H and O–H groups in total. The van der Waals surface area contributed by atoms with Gasteiger partial charge in [0.05, 0.1) is 30.5 Å². The van der Waals surface area contributed by atoms with Gasteiger partial charge < -0.3 is 14.6 Å². The third-order valence-corrected chi connectivity index (χ3v) is 5.35. The molecule has 1 heterocycles. The van der Waals surface area contributed by atoms with Crippen LogP contribution in [0.15, 0.2) is 58.3 Å². The normalized spacial score (nSPS) is 10.8. The summed E-state index contributed by atoms with van der Waals surface area (Å²) < 4.78 is 11.3. The van der Waals surface area contributed by atoms with E-state index in [1.54, 1.807) is 45.2 Å². The molecular formula is C26H25N3O5. The Bertz CT molecular complexity index is 1300. The number of nitrogens with zero attached hydrogens (tertiary/aromatic N) is 3. The highest BCUT2D eigenvalue weighted by Crippen LogP contribution is 2.22. The Labute approximate surface area is 197 Å². The minimum Gasteiger partial charge on any atom is -0.497 e. The number of aryl methyl sites for hydroxylation is 1. The number of aliphatic imine (C=N–C) groups is 1. The lowest BCUT2D eigenvalue weighted by Crippen LogP contribution is -2.26. The van der Waals surface area contributed by atoms with Gasteiger partial charge in [-0.2, -0.15) is 5.26 Å². The SMILES string of the molecule is CCOC(=O)c1ccc(N=Cc2c(C)c(C#N)c(=O)n(CCc3ccc(OC)cc3)c2O)cc1. The highest BCUT2D eigenvalue weighted by molar-refractivity contribution is 5.90. The van der Waals surface area contributed by atoms with E-state index in [2.05, 4.69) is 4.99 Å². The molecule has 0 bridgehead atoms. The van der Waals surface area contributed by atoms with Crippen LogP contribution in [0.1, 0.15) is 39.5 Å². The van der Waals surface area contributed by atoms with Crippen molar-refractivity contribution in [2.24, 2.45) is 4.99 Å². The van der Waals surface area contributed by atoms with Crippen LogP contribution < -0.4 is 10.3 Å². The molecule has 34 heavy (non-hydrogen) atoms. The molecule has 8 heteroatoms. The van der Waals surface area contributed by atoms with Gasteiger partial charge in [-0.1, -0.05) is 12.1 Å². The van der Waals surface area contributed by atoms with E-state index < -0.39 is 11.5 Å². The molecule has 3 aromatic rings. The highest BCUT2D eigenvalue weighted by atomic mass is 16.5. The first-order chi connectivity index (χ1) is 16.4. The second-order valence-corrected chi connectivity index (χ2v) is 7.43. The summed E-state index contributed by atoms with van der Waals surface area (Å²) in [6.45, 7) is 3.80. The Morgan fingerprint density at radius 1 is 1.18 bits per heavy atom. The predicted octanol–water partition coefficient (Wildman–Crippen LogP) is 3.91. The number of esters is 1. The number of nitriles is 1. The van der Waals surface area contributed by atoms with Crippen molar-refractivity contribution in [1.82, 2.24) is 4.57 Å². The quantitative estimate of drug-likeness (QED) is 0.404. The predicted molar refractivity (Wildman–Crippen MR) is 128 cm³/mol.